The zero-order chi connectivity index (χ0) is 19.1. The molecule has 0 bridgehead atoms. The molecular weight excluding hydrogens is 467 g/mol. The van der Waals surface area contributed by atoms with Gasteiger partial charge >= 0.3 is 0 Å². The number of hydrogen-bond donors (Lipinski definition) is 2. The van der Waals surface area contributed by atoms with Crippen LogP contribution in [-0.4, -0.2) is 39.9 Å². The number of nitrogens with zero attached hydrogens (tertiary/aromatic N) is 4. The average Bonchev–Trinajstić information content (AvgIpc) is 3.30. The van der Waals surface area contributed by atoms with Crippen LogP contribution in [0, 0.1) is 0 Å². The summed E-state index contributed by atoms with van der Waals surface area (Å²) in [4.78, 5) is 9.40. The average molecular weight is 500 g/mol. The van der Waals surface area contributed by atoms with E-state index >= 15 is 0 Å². The van der Waals surface area contributed by atoms with Gasteiger partial charge in [0.1, 0.15) is 11.6 Å². The largest absolute Gasteiger partial charge is 0.469 e. The second-order valence-corrected chi connectivity index (χ2v) is 7.44. The fourth-order valence-electron chi connectivity index (χ4n) is 3.14. The maximum absolute atomic E-state index is 5.41. The molecule has 1 aliphatic rings. The molecular formula is C20H33IN6O. The van der Waals surface area contributed by atoms with Gasteiger partial charge in [0.05, 0.1) is 12.8 Å². The standard InChI is InChI=1S/C20H32N6O.HI/c1-4-5-11-21-20(22-12-10-17-7-6-13-27-17)23-16-8-9-18-24-19(15(2)3)25-26(18)14-16;/h6-7,13,15-16H,4-5,8-12,14H2,1-3H3,(H2,21,22,23);1H. The van der Waals surface area contributed by atoms with Gasteiger partial charge in [-0.1, -0.05) is 27.2 Å². The molecule has 0 saturated heterocycles. The van der Waals surface area contributed by atoms with Gasteiger partial charge in [-0.25, -0.2) is 9.67 Å². The SMILES string of the molecule is CCCCN=C(NCCc1ccco1)NC1CCc2nc(C(C)C)nn2C1.I. The third kappa shape index (κ3) is 6.49. The highest BCUT2D eigenvalue weighted by Gasteiger charge is 2.23. The first-order chi connectivity index (χ1) is 13.2. The summed E-state index contributed by atoms with van der Waals surface area (Å²) in [5.41, 5.74) is 0. The molecule has 8 heteroatoms. The van der Waals surface area contributed by atoms with Crippen LogP contribution in [0.1, 0.15) is 63.4 Å². The predicted octanol–water partition coefficient (Wildman–Crippen LogP) is 3.51. The highest BCUT2D eigenvalue weighted by molar-refractivity contribution is 14.0. The van der Waals surface area contributed by atoms with E-state index in [9.17, 15) is 0 Å². The van der Waals surface area contributed by atoms with Crippen molar-refractivity contribution in [2.24, 2.45) is 4.99 Å². The molecule has 0 spiro atoms. The van der Waals surface area contributed by atoms with Crippen LogP contribution in [-0.2, 0) is 19.4 Å². The number of aromatic nitrogens is 3. The van der Waals surface area contributed by atoms with Gasteiger partial charge in [-0.3, -0.25) is 4.99 Å². The summed E-state index contributed by atoms with van der Waals surface area (Å²) in [5, 5.41) is 11.7. The number of furan rings is 1. The predicted molar refractivity (Wildman–Crippen MR) is 122 cm³/mol. The Labute approximate surface area is 184 Å². The van der Waals surface area contributed by atoms with Gasteiger partial charge in [0.2, 0.25) is 0 Å². The third-order valence-corrected chi connectivity index (χ3v) is 4.76. The van der Waals surface area contributed by atoms with Crippen molar-refractivity contribution >= 4 is 29.9 Å². The van der Waals surface area contributed by atoms with E-state index in [1.165, 1.54) is 0 Å². The number of rotatable bonds is 8. The summed E-state index contributed by atoms with van der Waals surface area (Å²) in [5.74, 6) is 4.28. The lowest BCUT2D eigenvalue weighted by Gasteiger charge is -2.25. The zero-order valence-corrected chi connectivity index (χ0v) is 19.5. The molecule has 1 atom stereocenters. The Balaban J connectivity index is 0.00000280. The summed E-state index contributed by atoms with van der Waals surface area (Å²) in [6, 6.07) is 4.24. The van der Waals surface area contributed by atoms with E-state index in [0.29, 0.717) is 12.0 Å². The maximum Gasteiger partial charge on any atom is 0.191 e. The van der Waals surface area contributed by atoms with Crippen molar-refractivity contribution in [1.82, 2.24) is 25.4 Å². The van der Waals surface area contributed by atoms with Crippen molar-refractivity contribution in [3.63, 3.8) is 0 Å². The monoisotopic (exact) mass is 500 g/mol. The van der Waals surface area contributed by atoms with Gasteiger partial charge < -0.3 is 15.1 Å². The molecule has 2 N–H and O–H groups in total. The lowest BCUT2D eigenvalue weighted by molar-refractivity contribution is 0.391. The zero-order valence-electron chi connectivity index (χ0n) is 17.1. The Kier molecular flexibility index (Phi) is 9.27. The van der Waals surface area contributed by atoms with Gasteiger partial charge in [0.15, 0.2) is 11.8 Å². The van der Waals surface area contributed by atoms with E-state index in [1.807, 2.05) is 12.1 Å². The molecule has 0 saturated carbocycles. The van der Waals surface area contributed by atoms with Gasteiger partial charge in [-0.05, 0) is 25.0 Å². The number of guanidine groups is 1. The van der Waals surface area contributed by atoms with Crippen LogP contribution >= 0.6 is 24.0 Å². The Hall–Kier alpha value is -1.58. The Morgan fingerprint density at radius 1 is 1.43 bits per heavy atom. The number of halogens is 1. The van der Waals surface area contributed by atoms with Gasteiger partial charge in [-0.15, -0.1) is 24.0 Å². The number of fused-ring (bicyclic) bond motifs is 1. The fraction of sp³-hybridized carbons (Fsp3) is 0.650. The summed E-state index contributed by atoms with van der Waals surface area (Å²) < 4.78 is 7.46. The van der Waals surface area contributed by atoms with Crippen molar-refractivity contribution in [3.05, 3.63) is 35.8 Å². The number of nitrogens with one attached hydrogen (secondary N) is 2. The molecule has 1 unspecified atom stereocenters. The van der Waals surface area contributed by atoms with E-state index in [4.69, 9.17) is 9.41 Å². The molecule has 0 aromatic carbocycles. The number of hydrogen-bond acceptors (Lipinski definition) is 4. The Bertz CT molecular complexity index is 725. The molecule has 156 valence electrons. The van der Waals surface area contributed by atoms with E-state index in [2.05, 4.69) is 46.2 Å². The minimum Gasteiger partial charge on any atom is -0.469 e. The molecule has 0 radical (unpaired) electrons. The molecule has 1 aliphatic heterocycles. The first kappa shape index (κ1) is 22.7. The molecule has 0 aliphatic carbocycles. The maximum atomic E-state index is 5.41. The minimum atomic E-state index is 0. The van der Waals surface area contributed by atoms with E-state index in [1.54, 1.807) is 6.26 Å². The van der Waals surface area contributed by atoms with Crippen molar-refractivity contribution < 1.29 is 4.42 Å². The lowest BCUT2D eigenvalue weighted by atomic mass is 10.1. The lowest BCUT2D eigenvalue weighted by Crippen LogP contribution is -2.47. The third-order valence-electron chi connectivity index (χ3n) is 4.76. The van der Waals surface area contributed by atoms with Crippen molar-refractivity contribution in [3.8, 4) is 0 Å². The number of aliphatic imine (C=N–C) groups is 1. The topological polar surface area (TPSA) is 80.3 Å². The molecule has 28 heavy (non-hydrogen) atoms. The first-order valence-electron chi connectivity index (χ1n) is 10.2. The molecule has 7 nitrogen and oxygen atoms in total. The minimum absolute atomic E-state index is 0. The second kappa shape index (κ2) is 11.4. The van der Waals surface area contributed by atoms with Crippen molar-refractivity contribution in [2.75, 3.05) is 13.1 Å². The molecule has 2 aromatic rings. The fourth-order valence-corrected chi connectivity index (χ4v) is 3.14. The Morgan fingerprint density at radius 3 is 3.00 bits per heavy atom. The molecule has 3 rings (SSSR count). The van der Waals surface area contributed by atoms with Gasteiger partial charge in [-0.2, -0.15) is 5.10 Å². The molecule has 2 aromatic heterocycles. The second-order valence-electron chi connectivity index (χ2n) is 7.44. The summed E-state index contributed by atoms with van der Waals surface area (Å²) >= 11 is 0. The van der Waals surface area contributed by atoms with Gasteiger partial charge in [0, 0.05) is 37.9 Å². The first-order valence-corrected chi connectivity index (χ1v) is 10.2. The van der Waals surface area contributed by atoms with Gasteiger partial charge in [0.25, 0.3) is 0 Å². The van der Waals surface area contributed by atoms with Crippen molar-refractivity contribution in [1.29, 1.82) is 0 Å². The van der Waals surface area contributed by atoms with Crippen LogP contribution in [0.4, 0.5) is 0 Å². The van der Waals surface area contributed by atoms with Crippen LogP contribution in [0.15, 0.2) is 27.8 Å². The van der Waals surface area contributed by atoms with E-state index in [0.717, 1.165) is 75.1 Å². The summed E-state index contributed by atoms with van der Waals surface area (Å²) in [6.07, 6.45) is 6.80. The molecule has 0 fully saturated rings. The summed E-state index contributed by atoms with van der Waals surface area (Å²) in [6.45, 7) is 8.93. The van der Waals surface area contributed by atoms with E-state index in [-0.39, 0.29) is 24.0 Å². The quantitative estimate of drug-likeness (QED) is 0.251. The smallest absolute Gasteiger partial charge is 0.191 e. The summed E-state index contributed by atoms with van der Waals surface area (Å²) in [7, 11) is 0. The highest BCUT2D eigenvalue weighted by atomic mass is 127. The van der Waals surface area contributed by atoms with Crippen LogP contribution in [0.5, 0.6) is 0 Å². The number of aryl methyl sites for hydroxylation is 1. The van der Waals surface area contributed by atoms with Crippen molar-refractivity contribution in [2.45, 2.75) is 71.4 Å². The van der Waals surface area contributed by atoms with Crippen LogP contribution in [0.3, 0.4) is 0 Å². The van der Waals surface area contributed by atoms with E-state index < -0.39 is 0 Å². The number of unbranched alkanes of at least 4 members (excludes halogenated alkanes) is 1. The highest BCUT2D eigenvalue weighted by Crippen LogP contribution is 2.17. The van der Waals surface area contributed by atoms with Crippen LogP contribution < -0.4 is 10.6 Å². The molecule has 3 heterocycles. The van der Waals surface area contributed by atoms with Crippen LogP contribution in [0.2, 0.25) is 0 Å². The normalized spacial score (nSPS) is 16.6. The Morgan fingerprint density at radius 2 is 2.29 bits per heavy atom. The van der Waals surface area contributed by atoms with Crippen LogP contribution in [0.25, 0.3) is 0 Å². The molecule has 0 amide bonds.